The number of rotatable bonds is 5. The molecule has 0 bridgehead atoms. The zero-order chi connectivity index (χ0) is 11.5. The maximum Gasteiger partial charge on any atom is 0.0791 e. The summed E-state index contributed by atoms with van der Waals surface area (Å²) in [7, 11) is 3.98. The summed E-state index contributed by atoms with van der Waals surface area (Å²) in [4.78, 5) is 2.02. The van der Waals surface area contributed by atoms with Gasteiger partial charge in [0.05, 0.1) is 6.10 Å². The maximum atomic E-state index is 9.75. The lowest BCUT2D eigenvalue weighted by Crippen LogP contribution is -2.43. The number of likely N-dealkylation sites (N-methyl/N-ethyl adjacent to an activating group) is 1. The smallest absolute Gasteiger partial charge is 0.0791 e. The van der Waals surface area contributed by atoms with Gasteiger partial charge < -0.3 is 15.3 Å². The minimum absolute atomic E-state index is 0.253. The Bertz CT molecular complexity index is 192. The molecule has 1 saturated carbocycles. The van der Waals surface area contributed by atoms with E-state index in [1.54, 1.807) is 0 Å². The van der Waals surface area contributed by atoms with Gasteiger partial charge in [-0.3, -0.25) is 0 Å². The predicted molar refractivity (Wildman–Crippen MR) is 64.0 cm³/mol. The first-order chi connectivity index (χ1) is 6.92. The standard InChI is InChI=1S/C12H26N2O/c1-12(2)7-5-6-11(12)13-8-10(15)9-14(3)4/h10-11,13,15H,5-9H2,1-4H3. The minimum Gasteiger partial charge on any atom is -0.390 e. The Balaban J connectivity index is 2.25. The molecule has 0 heterocycles. The first-order valence-corrected chi connectivity index (χ1v) is 5.98. The Kier molecular flexibility index (Phi) is 4.56. The van der Waals surface area contributed by atoms with Crippen molar-refractivity contribution in [2.24, 2.45) is 5.41 Å². The van der Waals surface area contributed by atoms with E-state index in [-0.39, 0.29) is 6.10 Å². The van der Waals surface area contributed by atoms with Crippen LogP contribution >= 0.6 is 0 Å². The van der Waals surface area contributed by atoms with Crippen LogP contribution in [0, 0.1) is 5.41 Å². The number of nitrogens with one attached hydrogen (secondary N) is 1. The molecule has 1 aliphatic carbocycles. The van der Waals surface area contributed by atoms with E-state index in [0.717, 1.165) is 6.54 Å². The van der Waals surface area contributed by atoms with Crippen LogP contribution in [0.1, 0.15) is 33.1 Å². The van der Waals surface area contributed by atoms with Crippen LogP contribution in [0.25, 0.3) is 0 Å². The zero-order valence-corrected chi connectivity index (χ0v) is 10.6. The van der Waals surface area contributed by atoms with Crippen LogP contribution in [0.5, 0.6) is 0 Å². The van der Waals surface area contributed by atoms with Gasteiger partial charge in [0.1, 0.15) is 0 Å². The molecule has 90 valence electrons. The van der Waals surface area contributed by atoms with E-state index < -0.39 is 0 Å². The highest BCUT2D eigenvalue weighted by Crippen LogP contribution is 2.36. The molecule has 1 aliphatic rings. The average molecular weight is 214 g/mol. The molecular formula is C12H26N2O. The van der Waals surface area contributed by atoms with Gasteiger partial charge in [0.2, 0.25) is 0 Å². The Morgan fingerprint density at radius 1 is 1.47 bits per heavy atom. The summed E-state index contributed by atoms with van der Waals surface area (Å²) in [5.74, 6) is 0. The maximum absolute atomic E-state index is 9.75. The fourth-order valence-electron chi connectivity index (χ4n) is 2.47. The molecule has 3 nitrogen and oxygen atoms in total. The summed E-state index contributed by atoms with van der Waals surface area (Å²) < 4.78 is 0. The number of nitrogens with zero attached hydrogens (tertiary/aromatic N) is 1. The third-order valence-corrected chi connectivity index (χ3v) is 3.43. The normalized spacial score (nSPS) is 27.2. The SMILES string of the molecule is CN(C)CC(O)CNC1CCCC1(C)C. The Morgan fingerprint density at radius 3 is 2.60 bits per heavy atom. The van der Waals surface area contributed by atoms with Crippen molar-refractivity contribution in [1.82, 2.24) is 10.2 Å². The molecule has 0 aromatic rings. The van der Waals surface area contributed by atoms with Crippen molar-refractivity contribution in [3.05, 3.63) is 0 Å². The quantitative estimate of drug-likeness (QED) is 0.719. The van der Waals surface area contributed by atoms with Gasteiger partial charge in [0.25, 0.3) is 0 Å². The molecule has 15 heavy (non-hydrogen) atoms. The van der Waals surface area contributed by atoms with Crippen LogP contribution in [0.4, 0.5) is 0 Å². The van der Waals surface area contributed by atoms with E-state index in [0.29, 0.717) is 18.0 Å². The second kappa shape index (κ2) is 5.28. The van der Waals surface area contributed by atoms with Crippen molar-refractivity contribution in [1.29, 1.82) is 0 Å². The summed E-state index contributed by atoms with van der Waals surface area (Å²) in [5, 5.41) is 13.2. The highest BCUT2D eigenvalue weighted by Gasteiger charge is 2.34. The molecule has 2 atom stereocenters. The average Bonchev–Trinajstić information content (AvgIpc) is 2.40. The lowest BCUT2D eigenvalue weighted by Gasteiger charge is -2.29. The zero-order valence-electron chi connectivity index (χ0n) is 10.6. The Hall–Kier alpha value is -0.120. The van der Waals surface area contributed by atoms with Gasteiger partial charge in [-0.05, 0) is 32.4 Å². The summed E-state index contributed by atoms with van der Waals surface area (Å²) >= 11 is 0. The molecule has 0 amide bonds. The van der Waals surface area contributed by atoms with Gasteiger partial charge in [-0.1, -0.05) is 20.3 Å². The molecule has 0 aliphatic heterocycles. The summed E-state index contributed by atoms with van der Waals surface area (Å²) in [6.45, 7) is 6.08. The molecule has 0 radical (unpaired) electrons. The van der Waals surface area contributed by atoms with Crippen molar-refractivity contribution < 1.29 is 5.11 Å². The highest BCUT2D eigenvalue weighted by molar-refractivity contribution is 4.90. The van der Waals surface area contributed by atoms with E-state index in [2.05, 4.69) is 19.2 Å². The van der Waals surface area contributed by atoms with Crippen LogP contribution < -0.4 is 5.32 Å². The fourth-order valence-corrected chi connectivity index (χ4v) is 2.47. The summed E-state index contributed by atoms with van der Waals surface area (Å²) in [6.07, 6.45) is 3.61. The van der Waals surface area contributed by atoms with E-state index in [1.165, 1.54) is 19.3 Å². The molecule has 2 unspecified atom stereocenters. The van der Waals surface area contributed by atoms with Crippen LogP contribution in [-0.4, -0.2) is 49.3 Å². The topological polar surface area (TPSA) is 35.5 Å². The second-order valence-corrected chi connectivity index (χ2v) is 5.76. The van der Waals surface area contributed by atoms with Crippen LogP contribution in [-0.2, 0) is 0 Å². The summed E-state index contributed by atoms with van der Waals surface area (Å²) in [5.41, 5.74) is 0.401. The van der Waals surface area contributed by atoms with Gasteiger partial charge in [0, 0.05) is 19.1 Å². The van der Waals surface area contributed by atoms with Crippen molar-refractivity contribution in [3.63, 3.8) is 0 Å². The van der Waals surface area contributed by atoms with Gasteiger partial charge >= 0.3 is 0 Å². The van der Waals surface area contributed by atoms with Crippen LogP contribution in [0.15, 0.2) is 0 Å². The van der Waals surface area contributed by atoms with E-state index >= 15 is 0 Å². The van der Waals surface area contributed by atoms with Gasteiger partial charge in [-0.15, -0.1) is 0 Å². The number of hydrogen-bond acceptors (Lipinski definition) is 3. The second-order valence-electron chi connectivity index (χ2n) is 5.76. The largest absolute Gasteiger partial charge is 0.390 e. The third-order valence-electron chi connectivity index (χ3n) is 3.43. The van der Waals surface area contributed by atoms with Crippen molar-refractivity contribution in [2.75, 3.05) is 27.2 Å². The third kappa shape index (κ3) is 4.09. The molecular weight excluding hydrogens is 188 g/mol. The molecule has 2 N–H and O–H groups in total. The van der Waals surface area contributed by atoms with Crippen molar-refractivity contribution in [3.8, 4) is 0 Å². The van der Waals surface area contributed by atoms with Crippen LogP contribution in [0.2, 0.25) is 0 Å². The molecule has 0 aromatic carbocycles. The van der Waals surface area contributed by atoms with Crippen molar-refractivity contribution in [2.45, 2.75) is 45.3 Å². The molecule has 0 saturated heterocycles. The highest BCUT2D eigenvalue weighted by atomic mass is 16.3. The molecule has 1 rings (SSSR count). The first kappa shape index (κ1) is 12.9. The molecule has 0 spiro atoms. The van der Waals surface area contributed by atoms with Gasteiger partial charge in [-0.25, -0.2) is 0 Å². The van der Waals surface area contributed by atoms with E-state index in [4.69, 9.17) is 0 Å². The lowest BCUT2D eigenvalue weighted by atomic mass is 9.87. The van der Waals surface area contributed by atoms with Crippen molar-refractivity contribution >= 4 is 0 Å². The van der Waals surface area contributed by atoms with E-state index in [9.17, 15) is 5.11 Å². The number of aliphatic hydroxyl groups excluding tert-OH is 1. The predicted octanol–water partition coefficient (Wildman–Crippen LogP) is 1.08. The lowest BCUT2D eigenvalue weighted by molar-refractivity contribution is 0.124. The monoisotopic (exact) mass is 214 g/mol. The summed E-state index contributed by atoms with van der Waals surface area (Å²) in [6, 6.07) is 0.578. The minimum atomic E-state index is -0.253. The fraction of sp³-hybridized carbons (Fsp3) is 1.00. The molecule has 1 fully saturated rings. The van der Waals surface area contributed by atoms with Gasteiger partial charge in [-0.2, -0.15) is 0 Å². The molecule has 3 heteroatoms. The van der Waals surface area contributed by atoms with E-state index in [1.807, 2.05) is 19.0 Å². The molecule has 0 aromatic heterocycles. The number of aliphatic hydroxyl groups is 1. The Morgan fingerprint density at radius 2 is 2.13 bits per heavy atom. The van der Waals surface area contributed by atoms with Gasteiger partial charge in [0.15, 0.2) is 0 Å². The van der Waals surface area contributed by atoms with Crippen LogP contribution in [0.3, 0.4) is 0 Å². The Labute approximate surface area is 93.9 Å². The first-order valence-electron chi connectivity index (χ1n) is 5.98. The number of hydrogen-bond donors (Lipinski definition) is 2.